The molecule has 0 saturated carbocycles. The molecule has 1 saturated heterocycles. The molecule has 1 heterocycles. The maximum Gasteiger partial charge on any atom is 0.303 e. The second-order valence-corrected chi connectivity index (χ2v) is 6.89. The molecular formula is C15H29NO5. The van der Waals surface area contributed by atoms with Crippen molar-refractivity contribution in [2.75, 3.05) is 7.05 Å². The lowest BCUT2D eigenvalue weighted by atomic mass is 9.79. The van der Waals surface area contributed by atoms with Crippen LogP contribution in [0.25, 0.3) is 0 Å². The van der Waals surface area contributed by atoms with E-state index >= 15 is 0 Å². The Balaban J connectivity index is 0.000000400. The van der Waals surface area contributed by atoms with Crippen LogP contribution in [0, 0.1) is 0 Å². The van der Waals surface area contributed by atoms with Gasteiger partial charge in [0.05, 0.1) is 6.10 Å². The topological polar surface area (TPSA) is 98.1 Å². The molecule has 6 heteroatoms. The van der Waals surface area contributed by atoms with Crippen LogP contribution in [-0.2, 0) is 9.59 Å². The van der Waals surface area contributed by atoms with E-state index in [-0.39, 0.29) is 36.4 Å². The van der Waals surface area contributed by atoms with E-state index in [0.29, 0.717) is 0 Å². The van der Waals surface area contributed by atoms with Gasteiger partial charge in [-0.3, -0.25) is 14.5 Å². The van der Waals surface area contributed by atoms with Crippen LogP contribution in [0.3, 0.4) is 0 Å². The summed E-state index contributed by atoms with van der Waals surface area (Å²) in [6.07, 6.45) is 1.72. The molecule has 0 unspecified atom stereocenters. The van der Waals surface area contributed by atoms with Gasteiger partial charge in [-0.05, 0) is 54.0 Å². The van der Waals surface area contributed by atoms with E-state index in [1.54, 1.807) is 0 Å². The number of carboxylic acids is 2. The summed E-state index contributed by atoms with van der Waals surface area (Å²) in [4.78, 5) is 21.9. The Labute approximate surface area is 126 Å². The number of nitrogens with zero attached hydrogens (tertiary/aromatic N) is 1. The van der Waals surface area contributed by atoms with E-state index in [4.69, 9.17) is 10.2 Å². The van der Waals surface area contributed by atoms with Crippen LogP contribution in [0.4, 0.5) is 0 Å². The number of piperidine rings is 1. The molecule has 3 N–H and O–H groups in total. The first-order chi connectivity index (χ1) is 9.38. The van der Waals surface area contributed by atoms with E-state index in [2.05, 4.69) is 39.6 Å². The summed E-state index contributed by atoms with van der Waals surface area (Å²) in [5.41, 5.74) is 0.252. The van der Waals surface area contributed by atoms with E-state index in [9.17, 15) is 14.7 Å². The lowest BCUT2D eigenvalue weighted by Gasteiger charge is -2.52. The summed E-state index contributed by atoms with van der Waals surface area (Å²) in [5.74, 6) is -1.90. The molecule has 0 aromatic heterocycles. The van der Waals surface area contributed by atoms with Crippen molar-refractivity contribution in [1.29, 1.82) is 0 Å². The number of likely N-dealkylation sites (tertiary alicyclic amines) is 1. The van der Waals surface area contributed by atoms with Gasteiger partial charge in [-0.1, -0.05) is 0 Å². The van der Waals surface area contributed by atoms with E-state index in [0.717, 1.165) is 12.8 Å². The summed E-state index contributed by atoms with van der Waals surface area (Å²) in [6, 6.07) is 0. The minimum Gasteiger partial charge on any atom is -0.481 e. The van der Waals surface area contributed by atoms with Gasteiger partial charge in [-0.25, -0.2) is 0 Å². The van der Waals surface area contributed by atoms with Gasteiger partial charge >= 0.3 is 11.9 Å². The first-order valence-corrected chi connectivity index (χ1v) is 7.24. The lowest BCUT2D eigenvalue weighted by molar-refractivity contribution is -0.138. The fourth-order valence-corrected chi connectivity index (χ4v) is 2.71. The molecule has 0 bridgehead atoms. The fraction of sp³-hybridized carbons (Fsp3) is 0.867. The highest BCUT2D eigenvalue weighted by molar-refractivity contribution is 5.69. The third kappa shape index (κ3) is 7.43. The van der Waals surface area contributed by atoms with Gasteiger partial charge in [0.2, 0.25) is 0 Å². The van der Waals surface area contributed by atoms with Crippen LogP contribution >= 0.6 is 0 Å². The number of rotatable bonds is 4. The van der Waals surface area contributed by atoms with Gasteiger partial charge in [0.1, 0.15) is 0 Å². The van der Waals surface area contributed by atoms with Crippen LogP contribution in [0.5, 0.6) is 0 Å². The molecule has 124 valence electrons. The molecule has 0 spiro atoms. The highest BCUT2D eigenvalue weighted by Gasteiger charge is 2.42. The van der Waals surface area contributed by atoms with Gasteiger partial charge in [0.15, 0.2) is 0 Å². The van der Waals surface area contributed by atoms with Crippen LogP contribution in [0.15, 0.2) is 0 Å². The summed E-state index contributed by atoms with van der Waals surface area (Å²) < 4.78 is 0. The van der Waals surface area contributed by atoms with Gasteiger partial charge in [-0.15, -0.1) is 0 Å². The van der Waals surface area contributed by atoms with Gasteiger partial charge in [0.25, 0.3) is 0 Å². The summed E-state index contributed by atoms with van der Waals surface area (Å²) in [7, 11) is 2.14. The SMILES string of the molecule is CN1C(C)(C)CC(O)CC1(C)C.O=C(O)CCCC(=O)O. The number of hydrogen-bond donors (Lipinski definition) is 3. The van der Waals surface area contributed by atoms with Crippen molar-refractivity contribution in [2.45, 2.75) is 77.0 Å². The summed E-state index contributed by atoms with van der Waals surface area (Å²) in [6.45, 7) is 8.77. The molecule has 6 nitrogen and oxygen atoms in total. The number of hydrogen-bond acceptors (Lipinski definition) is 4. The number of aliphatic carboxylic acids is 2. The molecule has 21 heavy (non-hydrogen) atoms. The molecule has 1 aliphatic heterocycles. The fourth-order valence-electron chi connectivity index (χ4n) is 2.71. The summed E-state index contributed by atoms with van der Waals surface area (Å²) >= 11 is 0. The Morgan fingerprint density at radius 1 is 1.00 bits per heavy atom. The minimum absolute atomic E-state index is 0.0632. The lowest BCUT2D eigenvalue weighted by Crippen LogP contribution is -2.59. The average molecular weight is 303 g/mol. The van der Waals surface area contributed by atoms with Crippen molar-refractivity contribution in [2.24, 2.45) is 0 Å². The maximum atomic E-state index is 9.79. The molecule has 1 aliphatic rings. The van der Waals surface area contributed by atoms with Crippen molar-refractivity contribution in [3.63, 3.8) is 0 Å². The first-order valence-electron chi connectivity index (χ1n) is 7.24. The normalized spacial score (nSPS) is 21.2. The quantitative estimate of drug-likeness (QED) is 0.734. The van der Waals surface area contributed by atoms with Gasteiger partial charge in [0, 0.05) is 23.9 Å². The molecule has 1 rings (SSSR count). The average Bonchev–Trinajstić information content (AvgIpc) is 2.24. The van der Waals surface area contributed by atoms with Crippen LogP contribution in [0.2, 0.25) is 0 Å². The maximum absolute atomic E-state index is 9.79. The minimum atomic E-state index is -0.948. The van der Waals surface area contributed by atoms with E-state index in [1.165, 1.54) is 0 Å². The van der Waals surface area contributed by atoms with Crippen LogP contribution in [0.1, 0.15) is 59.8 Å². The van der Waals surface area contributed by atoms with Gasteiger partial charge < -0.3 is 15.3 Å². The standard InChI is InChI=1S/C10H21NO.C5H8O4/c1-9(2)6-8(12)7-10(3,4)11(9)5;6-4(7)2-1-3-5(8)9/h8,12H,6-7H2,1-5H3;1-3H2,(H,6,7)(H,8,9). The Kier molecular flexibility index (Phi) is 7.33. The molecule has 0 radical (unpaired) electrons. The number of carboxylic acid groups (broad SMARTS) is 2. The molecule has 0 aliphatic carbocycles. The summed E-state index contributed by atoms with van der Waals surface area (Å²) in [5, 5.41) is 25.7. The van der Waals surface area contributed by atoms with Crippen molar-refractivity contribution in [3.8, 4) is 0 Å². The van der Waals surface area contributed by atoms with Crippen molar-refractivity contribution >= 4 is 11.9 Å². The second-order valence-electron chi connectivity index (χ2n) is 6.89. The monoisotopic (exact) mass is 303 g/mol. The highest BCUT2D eigenvalue weighted by atomic mass is 16.4. The number of aliphatic hydroxyl groups is 1. The molecule has 0 aromatic rings. The van der Waals surface area contributed by atoms with Crippen LogP contribution in [-0.4, -0.2) is 56.4 Å². The van der Waals surface area contributed by atoms with Crippen molar-refractivity contribution in [1.82, 2.24) is 4.90 Å². The van der Waals surface area contributed by atoms with E-state index in [1.807, 2.05) is 0 Å². The second kappa shape index (κ2) is 7.75. The highest BCUT2D eigenvalue weighted by Crippen LogP contribution is 2.36. The molecular weight excluding hydrogens is 274 g/mol. The first kappa shape index (κ1) is 19.9. The predicted molar refractivity (Wildman–Crippen MR) is 80.3 cm³/mol. The zero-order valence-corrected chi connectivity index (χ0v) is 13.7. The van der Waals surface area contributed by atoms with Crippen LogP contribution < -0.4 is 0 Å². The molecule has 0 atom stereocenters. The Morgan fingerprint density at radius 3 is 1.62 bits per heavy atom. The Bertz CT molecular complexity index is 333. The molecule has 0 amide bonds. The predicted octanol–water partition coefficient (Wildman–Crippen LogP) is 1.96. The van der Waals surface area contributed by atoms with Crippen molar-refractivity contribution < 1.29 is 24.9 Å². The zero-order valence-electron chi connectivity index (χ0n) is 13.7. The Hall–Kier alpha value is -1.14. The third-order valence-corrected chi connectivity index (χ3v) is 4.07. The largest absolute Gasteiger partial charge is 0.481 e. The van der Waals surface area contributed by atoms with E-state index < -0.39 is 11.9 Å². The Morgan fingerprint density at radius 2 is 1.33 bits per heavy atom. The smallest absolute Gasteiger partial charge is 0.303 e. The number of carbonyl (C=O) groups is 2. The van der Waals surface area contributed by atoms with Gasteiger partial charge in [-0.2, -0.15) is 0 Å². The molecule has 0 aromatic carbocycles. The van der Waals surface area contributed by atoms with Crippen molar-refractivity contribution in [3.05, 3.63) is 0 Å². The third-order valence-electron chi connectivity index (χ3n) is 4.07. The number of aliphatic hydroxyl groups excluding tert-OH is 1. The molecule has 1 fully saturated rings. The zero-order chi connectivity index (χ0) is 16.8.